The third-order valence-corrected chi connectivity index (χ3v) is 5.62. The average molecular weight is 405 g/mol. The van der Waals surface area contributed by atoms with E-state index in [-0.39, 0.29) is 11.8 Å². The third kappa shape index (κ3) is 3.33. The Morgan fingerprint density at radius 1 is 1.07 bits per heavy atom. The second-order valence-electron chi connectivity index (χ2n) is 7.59. The van der Waals surface area contributed by atoms with Crippen LogP contribution in [0.2, 0.25) is 0 Å². The second kappa shape index (κ2) is 7.88. The molecule has 2 fully saturated rings. The van der Waals surface area contributed by atoms with Gasteiger partial charge in [0.1, 0.15) is 0 Å². The van der Waals surface area contributed by atoms with Crippen molar-refractivity contribution in [2.24, 2.45) is 0 Å². The zero-order chi connectivity index (χ0) is 21.3. The lowest BCUT2D eigenvalue weighted by atomic mass is 9.86. The molecule has 1 unspecified atom stereocenters. The Morgan fingerprint density at radius 3 is 2.37 bits per heavy atom. The van der Waals surface area contributed by atoms with Gasteiger partial charge in [-0.05, 0) is 62.1 Å². The summed E-state index contributed by atoms with van der Waals surface area (Å²) in [5, 5.41) is 0. The van der Waals surface area contributed by atoms with Crippen LogP contribution >= 0.6 is 0 Å². The standard InChI is InChI=1S/C24H23NO5/c1-16-5-11-19(12-6-16)25-21(26)20(24(23(25)28)13-3-4-14-30-24)15-17-7-9-18(10-8-17)22(27)29-2/h5-12,15H,3-4,13-14H2,1-2H3/b20-15-. The minimum absolute atomic E-state index is 0.332. The Balaban J connectivity index is 1.76. The molecule has 2 saturated heterocycles. The van der Waals surface area contributed by atoms with Crippen LogP contribution in [0.1, 0.15) is 40.7 Å². The molecule has 2 aliphatic rings. The van der Waals surface area contributed by atoms with Crippen molar-refractivity contribution < 1.29 is 23.9 Å². The summed E-state index contributed by atoms with van der Waals surface area (Å²) < 4.78 is 10.7. The first-order valence-corrected chi connectivity index (χ1v) is 9.96. The first-order valence-electron chi connectivity index (χ1n) is 9.96. The van der Waals surface area contributed by atoms with Gasteiger partial charge in [0.05, 0.1) is 23.9 Å². The summed E-state index contributed by atoms with van der Waals surface area (Å²) in [6.07, 6.45) is 3.82. The van der Waals surface area contributed by atoms with Crippen molar-refractivity contribution in [3.05, 3.63) is 70.8 Å². The normalized spacial score (nSPS) is 22.7. The Hall–Kier alpha value is -3.25. The number of aryl methyl sites for hydroxylation is 1. The van der Waals surface area contributed by atoms with Crippen LogP contribution in [0.4, 0.5) is 5.69 Å². The van der Waals surface area contributed by atoms with Crippen molar-refractivity contribution in [3.8, 4) is 0 Å². The van der Waals surface area contributed by atoms with E-state index in [0.29, 0.717) is 35.4 Å². The average Bonchev–Trinajstić information content (AvgIpc) is 2.96. The van der Waals surface area contributed by atoms with Gasteiger partial charge in [0.2, 0.25) is 0 Å². The number of methoxy groups -OCH3 is 1. The first-order chi connectivity index (χ1) is 14.5. The Bertz CT molecular complexity index is 1010. The van der Waals surface area contributed by atoms with E-state index in [1.807, 2.05) is 19.1 Å². The SMILES string of the molecule is COC(=O)c1ccc(/C=C2/C(=O)N(c3ccc(C)cc3)C(=O)C23CCCCO3)cc1. The lowest BCUT2D eigenvalue weighted by molar-refractivity contribution is -0.140. The van der Waals surface area contributed by atoms with Crippen molar-refractivity contribution in [2.45, 2.75) is 31.8 Å². The van der Waals surface area contributed by atoms with Gasteiger partial charge in [0, 0.05) is 6.61 Å². The number of imide groups is 1. The van der Waals surface area contributed by atoms with Crippen molar-refractivity contribution >= 4 is 29.5 Å². The van der Waals surface area contributed by atoms with Gasteiger partial charge in [-0.1, -0.05) is 29.8 Å². The minimum Gasteiger partial charge on any atom is -0.465 e. The number of carbonyl (C=O) groups excluding carboxylic acids is 3. The molecule has 4 rings (SSSR count). The lowest BCUT2D eigenvalue weighted by Crippen LogP contribution is -2.45. The molecule has 1 spiro atoms. The van der Waals surface area contributed by atoms with Crippen LogP contribution in [0.15, 0.2) is 54.1 Å². The fraction of sp³-hybridized carbons (Fsp3) is 0.292. The molecule has 0 saturated carbocycles. The number of benzene rings is 2. The molecule has 2 heterocycles. The molecule has 0 N–H and O–H groups in total. The number of hydrogen-bond donors (Lipinski definition) is 0. The van der Waals surface area contributed by atoms with Gasteiger partial charge in [-0.3, -0.25) is 9.59 Å². The molecule has 6 nitrogen and oxygen atoms in total. The summed E-state index contributed by atoms with van der Waals surface area (Å²) in [5.41, 5.74) is 1.77. The number of carbonyl (C=O) groups is 3. The van der Waals surface area contributed by atoms with Gasteiger partial charge in [-0.15, -0.1) is 0 Å². The highest BCUT2D eigenvalue weighted by Gasteiger charge is 2.57. The zero-order valence-electron chi connectivity index (χ0n) is 17.0. The molecule has 0 aromatic heterocycles. The fourth-order valence-electron chi connectivity index (χ4n) is 3.96. The maximum absolute atomic E-state index is 13.4. The smallest absolute Gasteiger partial charge is 0.337 e. The molecule has 1 atom stereocenters. The minimum atomic E-state index is -1.26. The van der Waals surface area contributed by atoms with E-state index in [4.69, 9.17) is 9.47 Å². The Morgan fingerprint density at radius 2 is 1.77 bits per heavy atom. The quantitative estimate of drug-likeness (QED) is 0.443. The highest BCUT2D eigenvalue weighted by Crippen LogP contribution is 2.42. The molecule has 6 heteroatoms. The van der Waals surface area contributed by atoms with Gasteiger partial charge >= 0.3 is 5.97 Å². The number of ether oxygens (including phenoxy) is 2. The van der Waals surface area contributed by atoms with Crippen molar-refractivity contribution in [2.75, 3.05) is 18.6 Å². The number of nitrogens with zero attached hydrogens (tertiary/aromatic N) is 1. The Kier molecular flexibility index (Phi) is 5.26. The molecule has 0 aliphatic carbocycles. The van der Waals surface area contributed by atoms with Crippen molar-refractivity contribution in [3.63, 3.8) is 0 Å². The van der Waals surface area contributed by atoms with E-state index in [0.717, 1.165) is 18.4 Å². The molecule has 0 bridgehead atoms. The molecule has 2 aliphatic heterocycles. The van der Waals surface area contributed by atoms with Gasteiger partial charge in [-0.2, -0.15) is 0 Å². The summed E-state index contributed by atoms with van der Waals surface area (Å²) >= 11 is 0. The number of anilines is 1. The predicted octanol–water partition coefficient (Wildman–Crippen LogP) is 3.68. The largest absolute Gasteiger partial charge is 0.465 e. The predicted molar refractivity (Wildman–Crippen MR) is 112 cm³/mol. The highest BCUT2D eigenvalue weighted by molar-refractivity contribution is 6.33. The Labute approximate surface area is 175 Å². The maximum Gasteiger partial charge on any atom is 0.337 e. The molecule has 2 aromatic carbocycles. The van der Waals surface area contributed by atoms with Crippen molar-refractivity contribution in [1.82, 2.24) is 0 Å². The number of hydrogen-bond acceptors (Lipinski definition) is 5. The molecule has 30 heavy (non-hydrogen) atoms. The summed E-state index contributed by atoms with van der Waals surface area (Å²) in [4.78, 5) is 39.7. The third-order valence-electron chi connectivity index (χ3n) is 5.62. The number of amides is 2. The molecule has 154 valence electrons. The van der Waals surface area contributed by atoms with Crippen LogP contribution in [0.3, 0.4) is 0 Å². The van der Waals surface area contributed by atoms with Gasteiger partial charge in [0.15, 0.2) is 5.60 Å². The second-order valence-corrected chi connectivity index (χ2v) is 7.59. The van der Waals surface area contributed by atoms with Crippen LogP contribution in [0, 0.1) is 6.92 Å². The highest BCUT2D eigenvalue weighted by atomic mass is 16.5. The maximum atomic E-state index is 13.4. The van der Waals surface area contributed by atoms with Crippen LogP contribution in [0.5, 0.6) is 0 Å². The monoisotopic (exact) mass is 405 g/mol. The topological polar surface area (TPSA) is 72.9 Å². The van der Waals surface area contributed by atoms with E-state index in [9.17, 15) is 14.4 Å². The fourth-order valence-corrected chi connectivity index (χ4v) is 3.96. The summed E-state index contributed by atoms with van der Waals surface area (Å²) in [6.45, 7) is 2.38. The van der Waals surface area contributed by atoms with Crippen molar-refractivity contribution in [1.29, 1.82) is 0 Å². The van der Waals surface area contributed by atoms with Gasteiger partial charge < -0.3 is 9.47 Å². The molecule has 0 radical (unpaired) electrons. The van der Waals surface area contributed by atoms with E-state index < -0.39 is 11.6 Å². The van der Waals surface area contributed by atoms with Gasteiger partial charge in [0.25, 0.3) is 11.8 Å². The van der Waals surface area contributed by atoms with Crippen LogP contribution in [-0.2, 0) is 19.1 Å². The molecular formula is C24H23NO5. The summed E-state index contributed by atoms with van der Waals surface area (Å²) in [6, 6.07) is 14.0. The lowest BCUT2D eigenvalue weighted by Gasteiger charge is -2.32. The number of rotatable bonds is 3. The molecular weight excluding hydrogens is 382 g/mol. The number of esters is 1. The van der Waals surface area contributed by atoms with Crippen LogP contribution in [-0.4, -0.2) is 37.1 Å². The van der Waals surface area contributed by atoms with Gasteiger partial charge in [-0.25, -0.2) is 9.69 Å². The first kappa shape index (κ1) is 20.0. The van der Waals surface area contributed by atoms with E-state index in [2.05, 4.69) is 0 Å². The van der Waals surface area contributed by atoms with Crippen LogP contribution < -0.4 is 4.90 Å². The van der Waals surface area contributed by atoms with E-state index in [1.54, 1.807) is 42.5 Å². The molecule has 2 aromatic rings. The van der Waals surface area contributed by atoms with Crippen LogP contribution in [0.25, 0.3) is 6.08 Å². The van der Waals surface area contributed by atoms with E-state index >= 15 is 0 Å². The van der Waals surface area contributed by atoms with E-state index in [1.165, 1.54) is 12.0 Å². The zero-order valence-corrected chi connectivity index (χ0v) is 17.0. The molecule has 2 amide bonds. The summed E-state index contributed by atoms with van der Waals surface area (Å²) in [5.74, 6) is -1.14. The summed E-state index contributed by atoms with van der Waals surface area (Å²) in [7, 11) is 1.32.